The Morgan fingerprint density at radius 1 is 0.933 bits per heavy atom. The van der Waals surface area contributed by atoms with Gasteiger partial charge in [0.1, 0.15) is 0 Å². The number of rotatable bonds is 8. The minimum atomic E-state index is -0.518. The summed E-state index contributed by atoms with van der Waals surface area (Å²) in [6, 6.07) is 18.3. The van der Waals surface area contributed by atoms with Gasteiger partial charge in [0.2, 0.25) is 0 Å². The quantitative estimate of drug-likeness (QED) is 0.552. The van der Waals surface area contributed by atoms with E-state index in [0.717, 1.165) is 5.56 Å². The van der Waals surface area contributed by atoms with Gasteiger partial charge in [-0.05, 0) is 48.9 Å². The molecule has 2 aromatic carbocycles. The van der Waals surface area contributed by atoms with Gasteiger partial charge in [0, 0.05) is 11.3 Å². The zero-order chi connectivity index (χ0) is 21.3. The molecule has 0 radical (unpaired) electrons. The SMILES string of the molecule is CCOC(=O)CC(NC(=O)c1ccc(NC(=O)c2ccco2)cc1)c1ccccc1. The van der Waals surface area contributed by atoms with Gasteiger partial charge in [-0.1, -0.05) is 30.3 Å². The number of esters is 1. The van der Waals surface area contributed by atoms with Crippen LogP contribution in [0, 0.1) is 0 Å². The molecule has 1 atom stereocenters. The second-order valence-electron chi connectivity index (χ2n) is 6.45. The molecule has 1 unspecified atom stereocenters. The van der Waals surface area contributed by atoms with Crippen molar-refractivity contribution in [3.63, 3.8) is 0 Å². The van der Waals surface area contributed by atoms with Crippen molar-refractivity contribution in [2.75, 3.05) is 11.9 Å². The highest BCUT2D eigenvalue weighted by Crippen LogP contribution is 2.19. The van der Waals surface area contributed by atoms with Crippen molar-refractivity contribution in [1.29, 1.82) is 0 Å². The first kappa shape index (κ1) is 20.9. The van der Waals surface area contributed by atoms with Crippen LogP contribution in [0.2, 0.25) is 0 Å². The van der Waals surface area contributed by atoms with E-state index >= 15 is 0 Å². The van der Waals surface area contributed by atoms with Crippen LogP contribution in [0.25, 0.3) is 0 Å². The average Bonchev–Trinajstić information content (AvgIpc) is 3.30. The first-order valence-corrected chi connectivity index (χ1v) is 9.53. The summed E-state index contributed by atoms with van der Waals surface area (Å²) in [6.45, 7) is 2.01. The maximum atomic E-state index is 12.7. The van der Waals surface area contributed by atoms with Crippen molar-refractivity contribution in [3.8, 4) is 0 Å². The van der Waals surface area contributed by atoms with Gasteiger partial charge in [-0.3, -0.25) is 14.4 Å². The molecule has 154 valence electrons. The number of amides is 2. The monoisotopic (exact) mass is 406 g/mol. The van der Waals surface area contributed by atoms with E-state index in [1.54, 1.807) is 43.3 Å². The number of carbonyl (C=O) groups is 3. The lowest BCUT2D eigenvalue weighted by atomic mass is 10.0. The van der Waals surface area contributed by atoms with Crippen LogP contribution in [0.1, 0.15) is 45.9 Å². The van der Waals surface area contributed by atoms with E-state index in [1.165, 1.54) is 6.26 Å². The summed E-state index contributed by atoms with van der Waals surface area (Å²) in [5, 5.41) is 5.57. The highest BCUT2D eigenvalue weighted by molar-refractivity contribution is 6.02. The van der Waals surface area contributed by atoms with Crippen LogP contribution in [0.15, 0.2) is 77.4 Å². The van der Waals surface area contributed by atoms with Crippen LogP contribution in [-0.2, 0) is 9.53 Å². The minimum Gasteiger partial charge on any atom is -0.466 e. The molecule has 0 bridgehead atoms. The summed E-state index contributed by atoms with van der Waals surface area (Å²) < 4.78 is 10.1. The summed E-state index contributed by atoms with van der Waals surface area (Å²) in [7, 11) is 0. The predicted molar refractivity (Wildman–Crippen MR) is 111 cm³/mol. The zero-order valence-electron chi connectivity index (χ0n) is 16.5. The summed E-state index contributed by atoms with van der Waals surface area (Å²) in [5.74, 6) is -0.906. The van der Waals surface area contributed by atoms with Gasteiger partial charge < -0.3 is 19.8 Å². The molecule has 1 heterocycles. The lowest BCUT2D eigenvalue weighted by molar-refractivity contribution is -0.143. The summed E-state index contributed by atoms with van der Waals surface area (Å²) in [4.78, 5) is 36.7. The lowest BCUT2D eigenvalue weighted by Gasteiger charge is -2.18. The third-order valence-corrected chi connectivity index (χ3v) is 4.33. The van der Waals surface area contributed by atoms with Gasteiger partial charge in [0.15, 0.2) is 5.76 Å². The molecule has 0 aliphatic heterocycles. The van der Waals surface area contributed by atoms with Crippen LogP contribution in [-0.4, -0.2) is 24.4 Å². The van der Waals surface area contributed by atoms with E-state index in [-0.39, 0.29) is 36.6 Å². The Bertz CT molecular complexity index is 982. The number of furan rings is 1. The fourth-order valence-corrected chi connectivity index (χ4v) is 2.87. The molecule has 0 aliphatic rings. The largest absolute Gasteiger partial charge is 0.466 e. The fraction of sp³-hybridized carbons (Fsp3) is 0.174. The van der Waals surface area contributed by atoms with E-state index < -0.39 is 6.04 Å². The first-order valence-electron chi connectivity index (χ1n) is 9.53. The molecular formula is C23H22N2O5. The molecule has 0 spiro atoms. The molecule has 0 saturated heterocycles. The molecule has 30 heavy (non-hydrogen) atoms. The number of carbonyl (C=O) groups excluding carboxylic acids is 3. The van der Waals surface area contributed by atoms with Crippen molar-refractivity contribution in [2.24, 2.45) is 0 Å². The Morgan fingerprint density at radius 3 is 2.30 bits per heavy atom. The van der Waals surface area contributed by atoms with Gasteiger partial charge in [-0.2, -0.15) is 0 Å². The van der Waals surface area contributed by atoms with Gasteiger partial charge in [0.05, 0.1) is 25.3 Å². The second-order valence-corrected chi connectivity index (χ2v) is 6.45. The van der Waals surface area contributed by atoms with E-state index in [2.05, 4.69) is 10.6 Å². The van der Waals surface area contributed by atoms with Crippen molar-refractivity contribution in [2.45, 2.75) is 19.4 Å². The van der Waals surface area contributed by atoms with Crippen LogP contribution < -0.4 is 10.6 Å². The topological polar surface area (TPSA) is 97.6 Å². The molecule has 2 N–H and O–H groups in total. The Kier molecular flexibility index (Phi) is 7.00. The van der Waals surface area contributed by atoms with Crippen LogP contribution in [0.3, 0.4) is 0 Å². The third kappa shape index (κ3) is 5.57. The van der Waals surface area contributed by atoms with Crippen LogP contribution >= 0.6 is 0 Å². The van der Waals surface area contributed by atoms with E-state index in [4.69, 9.17) is 9.15 Å². The van der Waals surface area contributed by atoms with E-state index in [9.17, 15) is 14.4 Å². The molecule has 7 heteroatoms. The van der Waals surface area contributed by atoms with Crippen molar-refractivity contribution >= 4 is 23.5 Å². The number of ether oxygens (including phenoxy) is 1. The smallest absolute Gasteiger partial charge is 0.308 e. The predicted octanol–water partition coefficient (Wildman–Crippen LogP) is 3.96. The summed E-state index contributed by atoms with van der Waals surface area (Å²) >= 11 is 0. The molecule has 2 amide bonds. The van der Waals surface area contributed by atoms with Crippen LogP contribution in [0.4, 0.5) is 5.69 Å². The number of nitrogens with one attached hydrogen (secondary N) is 2. The third-order valence-electron chi connectivity index (χ3n) is 4.33. The standard InChI is InChI=1S/C23H22N2O5/c1-2-29-21(26)15-19(16-7-4-3-5-8-16)25-22(27)17-10-12-18(13-11-17)24-23(28)20-9-6-14-30-20/h3-14,19H,2,15H2,1H3,(H,24,28)(H,25,27). The summed E-state index contributed by atoms with van der Waals surface area (Å²) in [6.07, 6.45) is 1.45. The van der Waals surface area contributed by atoms with E-state index in [0.29, 0.717) is 11.3 Å². The van der Waals surface area contributed by atoms with Gasteiger partial charge >= 0.3 is 5.97 Å². The normalized spacial score (nSPS) is 11.4. The number of hydrogen-bond donors (Lipinski definition) is 2. The molecule has 1 aromatic heterocycles. The Hall–Kier alpha value is -3.87. The number of benzene rings is 2. The summed E-state index contributed by atoms with van der Waals surface area (Å²) in [5.41, 5.74) is 1.73. The highest BCUT2D eigenvalue weighted by Gasteiger charge is 2.20. The fourth-order valence-electron chi connectivity index (χ4n) is 2.87. The van der Waals surface area contributed by atoms with Crippen molar-refractivity contribution in [1.82, 2.24) is 5.32 Å². The maximum Gasteiger partial charge on any atom is 0.308 e. The highest BCUT2D eigenvalue weighted by atomic mass is 16.5. The first-order chi connectivity index (χ1) is 14.6. The van der Waals surface area contributed by atoms with E-state index in [1.807, 2.05) is 30.3 Å². The van der Waals surface area contributed by atoms with Crippen molar-refractivity contribution < 1.29 is 23.5 Å². The molecular weight excluding hydrogens is 384 g/mol. The molecule has 0 fully saturated rings. The molecule has 0 saturated carbocycles. The maximum absolute atomic E-state index is 12.7. The second kappa shape index (κ2) is 10.1. The molecule has 0 aliphatic carbocycles. The molecule has 3 rings (SSSR count). The molecule has 3 aromatic rings. The zero-order valence-corrected chi connectivity index (χ0v) is 16.5. The van der Waals surface area contributed by atoms with Gasteiger partial charge in [-0.15, -0.1) is 0 Å². The van der Waals surface area contributed by atoms with Gasteiger partial charge in [-0.25, -0.2) is 0 Å². The average molecular weight is 406 g/mol. The van der Waals surface area contributed by atoms with Gasteiger partial charge in [0.25, 0.3) is 11.8 Å². The lowest BCUT2D eigenvalue weighted by Crippen LogP contribution is -2.30. The molecule has 7 nitrogen and oxygen atoms in total. The minimum absolute atomic E-state index is 0.0287. The number of hydrogen-bond acceptors (Lipinski definition) is 5. The Labute approximate surface area is 174 Å². The number of anilines is 1. The van der Waals surface area contributed by atoms with Crippen LogP contribution in [0.5, 0.6) is 0 Å². The van der Waals surface area contributed by atoms with Crippen molar-refractivity contribution in [3.05, 3.63) is 89.9 Å². The Morgan fingerprint density at radius 2 is 1.67 bits per heavy atom. The Balaban J connectivity index is 1.67.